The zero-order valence-electron chi connectivity index (χ0n) is 17.7. The Morgan fingerprint density at radius 2 is 1.57 bits per heavy atom. The van der Waals surface area contributed by atoms with Gasteiger partial charge in [0, 0.05) is 31.8 Å². The molecule has 3 heteroatoms. The summed E-state index contributed by atoms with van der Waals surface area (Å²) in [6.07, 6.45) is 11.0. The van der Waals surface area contributed by atoms with Gasteiger partial charge in [-0.2, -0.15) is 0 Å². The predicted octanol–water partition coefficient (Wildman–Crippen LogP) is 5.74. The summed E-state index contributed by atoms with van der Waals surface area (Å²) < 4.78 is 0. The van der Waals surface area contributed by atoms with Crippen LogP contribution >= 0.6 is 0 Å². The van der Waals surface area contributed by atoms with E-state index in [1.54, 1.807) is 0 Å². The molecule has 0 atom stereocenters. The zero-order valence-corrected chi connectivity index (χ0v) is 17.7. The molecule has 0 heterocycles. The second-order valence-corrected chi connectivity index (χ2v) is 9.06. The van der Waals surface area contributed by atoms with Gasteiger partial charge in [-0.3, -0.25) is 9.59 Å². The molecule has 0 saturated heterocycles. The standard InChI is InChI=1S/C25H37NO2/c1-3-7-24(27)22-14-16-23(17-15-22)26(2)25(28)18-19-10-12-21(13-11-19)20-8-5-4-6-9-20/h4-6,8-9,19,21-23H,3,7,10-18H2,1-2H3. The number of benzene rings is 1. The topological polar surface area (TPSA) is 37.4 Å². The van der Waals surface area contributed by atoms with Crippen LogP contribution in [0.25, 0.3) is 0 Å². The van der Waals surface area contributed by atoms with Gasteiger partial charge in [-0.15, -0.1) is 0 Å². The van der Waals surface area contributed by atoms with Gasteiger partial charge in [-0.1, -0.05) is 37.3 Å². The van der Waals surface area contributed by atoms with Crippen molar-refractivity contribution in [3.63, 3.8) is 0 Å². The lowest BCUT2D eigenvalue weighted by atomic mass is 9.77. The van der Waals surface area contributed by atoms with Crippen LogP contribution in [0.3, 0.4) is 0 Å². The number of hydrogen-bond donors (Lipinski definition) is 0. The maximum absolute atomic E-state index is 12.8. The van der Waals surface area contributed by atoms with E-state index in [2.05, 4.69) is 37.3 Å². The highest BCUT2D eigenvalue weighted by atomic mass is 16.2. The monoisotopic (exact) mass is 383 g/mol. The number of hydrogen-bond acceptors (Lipinski definition) is 2. The summed E-state index contributed by atoms with van der Waals surface area (Å²) in [4.78, 5) is 27.0. The van der Waals surface area contributed by atoms with Crippen LogP contribution in [0.4, 0.5) is 0 Å². The van der Waals surface area contributed by atoms with Gasteiger partial charge >= 0.3 is 0 Å². The molecule has 1 amide bonds. The number of Topliss-reactive ketones (excluding diaryl/α,β-unsaturated/α-hetero) is 1. The number of ketones is 1. The summed E-state index contributed by atoms with van der Waals surface area (Å²) in [6, 6.07) is 11.2. The van der Waals surface area contributed by atoms with E-state index in [1.807, 2.05) is 11.9 Å². The summed E-state index contributed by atoms with van der Waals surface area (Å²) in [7, 11) is 1.98. The van der Waals surface area contributed by atoms with Gasteiger partial charge in [0.05, 0.1) is 0 Å². The Morgan fingerprint density at radius 1 is 0.929 bits per heavy atom. The highest BCUT2D eigenvalue weighted by molar-refractivity contribution is 5.81. The summed E-state index contributed by atoms with van der Waals surface area (Å²) >= 11 is 0. The van der Waals surface area contributed by atoms with Gasteiger partial charge in [-0.05, 0) is 75.2 Å². The third-order valence-electron chi connectivity index (χ3n) is 7.17. The highest BCUT2D eigenvalue weighted by Crippen LogP contribution is 2.37. The van der Waals surface area contributed by atoms with Crippen molar-refractivity contribution in [2.75, 3.05) is 7.05 Å². The Labute approximate surface area is 170 Å². The maximum Gasteiger partial charge on any atom is 0.222 e. The molecule has 0 spiro atoms. The van der Waals surface area contributed by atoms with E-state index in [9.17, 15) is 9.59 Å². The number of rotatable bonds is 7. The minimum absolute atomic E-state index is 0.243. The lowest BCUT2D eigenvalue weighted by molar-refractivity contribution is -0.134. The van der Waals surface area contributed by atoms with Gasteiger partial charge in [-0.25, -0.2) is 0 Å². The summed E-state index contributed by atoms with van der Waals surface area (Å²) in [5, 5.41) is 0. The van der Waals surface area contributed by atoms with Crippen LogP contribution in [0.5, 0.6) is 0 Å². The average Bonchev–Trinajstić information content (AvgIpc) is 2.74. The van der Waals surface area contributed by atoms with Gasteiger partial charge in [0.1, 0.15) is 5.78 Å². The molecule has 2 fully saturated rings. The van der Waals surface area contributed by atoms with Crippen LogP contribution in [0.2, 0.25) is 0 Å². The fourth-order valence-electron chi connectivity index (χ4n) is 5.26. The first-order valence-corrected chi connectivity index (χ1v) is 11.4. The van der Waals surface area contributed by atoms with Crippen LogP contribution in [0.15, 0.2) is 30.3 Å². The van der Waals surface area contributed by atoms with Gasteiger partial charge < -0.3 is 4.90 Å². The van der Waals surface area contributed by atoms with Crippen LogP contribution in [-0.2, 0) is 9.59 Å². The van der Waals surface area contributed by atoms with E-state index in [1.165, 1.54) is 18.4 Å². The first kappa shape index (κ1) is 21.1. The van der Waals surface area contributed by atoms with Crippen molar-refractivity contribution in [1.82, 2.24) is 4.90 Å². The first-order chi connectivity index (χ1) is 13.6. The largest absolute Gasteiger partial charge is 0.343 e. The van der Waals surface area contributed by atoms with Crippen molar-refractivity contribution in [3.05, 3.63) is 35.9 Å². The molecule has 0 aromatic heterocycles. The molecule has 1 aromatic rings. The second kappa shape index (κ2) is 10.2. The average molecular weight is 384 g/mol. The summed E-state index contributed by atoms with van der Waals surface area (Å²) in [6.45, 7) is 2.07. The third-order valence-corrected chi connectivity index (χ3v) is 7.17. The second-order valence-electron chi connectivity index (χ2n) is 9.06. The molecular weight excluding hydrogens is 346 g/mol. The quantitative estimate of drug-likeness (QED) is 0.602. The molecule has 1 aromatic carbocycles. The zero-order chi connectivity index (χ0) is 19.9. The Bertz CT molecular complexity index is 625. The molecule has 0 unspecified atom stereocenters. The Kier molecular flexibility index (Phi) is 7.70. The predicted molar refractivity (Wildman–Crippen MR) is 114 cm³/mol. The molecule has 0 bridgehead atoms. The van der Waals surface area contributed by atoms with Crippen molar-refractivity contribution in [2.24, 2.45) is 11.8 Å². The van der Waals surface area contributed by atoms with Gasteiger partial charge in [0.25, 0.3) is 0 Å². The fraction of sp³-hybridized carbons (Fsp3) is 0.680. The third kappa shape index (κ3) is 5.46. The molecule has 0 radical (unpaired) electrons. The lowest BCUT2D eigenvalue weighted by Gasteiger charge is -2.36. The van der Waals surface area contributed by atoms with Crippen molar-refractivity contribution < 1.29 is 9.59 Å². The lowest BCUT2D eigenvalue weighted by Crippen LogP contribution is -2.41. The van der Waals surface area contributed by atoms with E-state index in [0.717, 1.165) is 51.4 Å². The van der Waals surface area contributed by atoms with E-state index < -0.39 is 0 Å². The number of nitrogens with zero attached hydrogens (tertiary/aromatic N) is 1. The number of carbonyl (C=O) groups excluding carboxylic acids is 2. The minimum Gasteiger partial charge on any atom is -0.343 e. The van der Waals surface area contributed by atoms with Gasteiger partial charge in [0.15, 0.2) is 0 Å². The molecule has 3 nitrogen and oxygen atoms in total. The molecule has 28 heavy (non-hydrogen) atoms. The Hall–Kier alpha value is -1.64. The molecule has 3 rings (SSSR count). The normalized spacial score (nSPS) is 27.9. The summed E-state index contributed by atoms with van der Waals surface area (Å²) in [5.41, 5.74) is 1.46. The summed E-state index contributed by atoms with van der Waals surface area (Å²) in [5.74, 6) is 2.20. The van der Waals surface area contributed by atoms with Gasteiger partial charge in [0.2, 0.25) is 5.91 Å². The van der Waals surface area contributed by atoms with Crippen LogP contribution in [-0.4, -0.2) is 29.7 Å². The van der Waals surface area contributed by atoms with E-state index in [4.69, 9.17) is 0 Å². The maximum atomic E-state index is 12.8. The Balaban J connectivity index is 1.41. The SMILES string of the molecule is CCCC(=O)C1CCC(N(C)C(=O)CC2CCC(c3ccccc3)CC2)CC1. The first-order valence-electron chi connectivity index (χ1n) is 11.4. The Morgan fingerprint density at radius 3 is 2.18 bits per heavy atom. The number of amides is 1. The smallest absolute Gasteiger partial charge is 0.222 e. The van der Waals surface area contributed by atoms with Crippen molar-refractivity contribution in [2.45, 2.75) is 89.5 Å². The van der Waals surface area contributed by atoms with E-state index in [0.29, 0.717) is 36.0 Å². The molecule has 2 saturated carbocycles. The van der Waals surface area contributed by atoms with E-state index >= 15 is 0 Å². The number of carbonyl (C=O) groups is 2. The van der Waals surface area contributed by atoms with Crippen LogP contribution < -0.4 is 0 Å². The molecule has 0 aliphatic heterocycles. The molecule has 2 aliphatic carbocycles. The molecule has 0 N–H and O–H groups in total. The van der Waals surface area contributed by atoms with Crippen molar-refractivity contribution in [1.29, 1.82) is 0 Å². The van der Waals surface area contributed by atoms with Crippen molar-refractivity contribution in [3.8, 4) is 0 Å². The minimum atomic E-state index is 0.243. The molecular formula is C25H37NO2. The fourth-order valence-corrected chi connectivity index (χ4v) is 5.26. The van der Waals surface area contributed by atoms with Crippen LogP contribution in [0, 0.1) is 11.8 Å². The highest BCUT2D eigenvalue weighted by Gasteiger charge is 2.31. The van der Waals surface area contributed by atoms with Crippen molar-refractivity contribution >= 4 is 11.7 Å². The van der Waals surface area contributed by atoms with E-state index in [-0.39, 0.29) is 5.92 Å². The molecule has 154 valence electrons. The molecule has 2 aliphatic rings. The van der Waals surface area contributed by atoms with Crippen LogP contribution in [0.1, 0.15) is 89.0 Å².